The number of aromatic amines is 1. The molecule has 0 bridgehead atoms. The zero-order valence-corrected chi connectivity index (χ0v) is 15.3. The first kappa shape index (κ1) is 18.0. The summed E-state index contributed by atoms with van der Waals surface area (Å²) >= 11 is 5.75. The predicted octanol–water partition coefficient (Wildman–Crippen LogP) is 5.49. The minimum Gasteiger partial charge on any atom is -0.453 e. The number of carbonyl (C=O) groups is 1. The highest BCUT2D eigenvalue weighted by atomic mass is 35.5. The number of carbonyl (C=O) groups excluding carboxylic acids is 1. The van der Waals surface area contributed by atoms with Crippen molar-refractivity contribution in [3.8, 4) is 11.5 Å². The zero-order valence-electron chi connectivity index (χ0n) is 14.6. The number of H-pyrrole nitrogens is 1. The number of benzene rings is 2. The number of anilines is 1. The molecule has 0 aliphatic heterocycles. The third-order valence-corrected chi connectivity index (χ3v) is 4.51. The van der Waals surface area contributed by atoms with Gasteiger partial charge in [0.1, 0.15) is 11.4 Å². The average Bonchev–Trinajstić information content (AvgIpc) is 3.20. The molecule has 7 heteroatoms. The molecule has 0 radical (unpaired) electrons. The Morgan fingerprint density at radius 3 is 2.68 bits per heavy atom. The van der Waals surface area contributed by atoms with Crippen LogP contribution in [-0.4, -0.2) is 15.9 Å². The van der Waals surface area contributed by atoms with Crippen LogP contribution in [0.3, 0.4) is 0 Å². The maximum absolute atomic E-state index is 14.5. The van der Waals surface area contributed by atoms with Gasteiger partial charge in [-0.05, 0) is 42.0 Å². The van der Waals surface area contributed by atoms with Crippen LogP contribution in [0.4, 0.5) is 10.1 Å². The molecule has 28 heavy (non-hydrogen) atoms. The monoisotopic (exact) mass is 395 g/mol. The SMILES string of the molecule is O=C(Nc1ccc(Oc2ccnc3[nH]ccc23)c(F)c1)c1ccc(CCl)cc1. The van der Waals surface area contributed by atoms with Gasteiger partial charge in [-0.3, -0.25) is 4.79 Å². The number of hydrogen-bond acceptors (Lipinski definition) is 3. The van der Waals surface area contributed by atoms with Crippen molar-refractivity contribution in [2.75, 3.05) is 5.32 Å². The van der Waals surface area contributed by atoms with Gasteiger partial charge in [0.15, 0.2) is 11.6 Å². The number of rotatable bonds is 5. The van der Waals surface area contributed by atoms with E-state index in [1.165, 1.54) is 12.1 Å². The Morgan fingerprint density at radius 1 is 1.11 bits per heavy atom. The zero-order chi connectivity index (χ0) is 19.5. The highest BCUT2D eigenvalue weighted by Gasteiger charge is 2.12. The lowest BCUT2D eigenvalue weighted by molar-refractivity contribution is 0.102. The van der Waals surface area contributed by atoms with Gasteiger partial charge in [-0.25, -0.2) is 9.37 Å². The van der Waals surface area contributed by atoms with Gasteiger partial charge in [0.05, 0.1) is 5.39 Å². The Bertz CT molecular complexity index is 1140. The van der Waals surface area contributed by atoms with E-state index in [1.807, 2.05) is 0 Å². The van der Waals surface area contributed by atoms with Gasteiger partial charge >= 0.3 is 0 Å². The van der Waals surface area contributed by atoms with Crippen LogP contribution in [0.25, 0.3) is 11.0 Å². The first-order valence-corrected chi connectivity index (χ1v) is 9.03. The lowest BCUT2D eigenvalue weighted by Crippen LogP contribution is -2.12. The standard InChI is InChI=1S/C21H15ClFN3O2/c22-12-13-1-3-14(4-2-13)21(27)26-15-5-6-19(17(23)11-15)28-18-8-10-25-20-16(18)7-9-24-20/h1-11H,12H2,(H,24,25)(H,26,27). The van der Waals surface area contributed by atoms with Crippen LogP contribution in [0.15, 0.2) is 67.0 Å². The van der Waals surface area contributed by atoms with Crippen molar-refractivity contribution in [3.63, 3.8) is 0 Å². The molecule has 0 saturated heterocycles. The first-order valence-electron chi connectivity index (χ1n) is 8.50. The lowest BCUT2D eigenvalue weighted by atomic mass is 10.1. The molecule has 2 N–H and O–H groups in total. The number of fused-ring (bicyclic) bond motifs is 1. The normalized spacial score (nSPS) is 10.8. The number of amides is 1. The Balaban J connectivity index is 1.51. The summed E-state index contributed by atoms with van der Waals surface area (Å²) in [5, 5.41) is 3.42. The molecule has 2 aromatic heterocycles. The van der Waals surface area contributed by atoms with Gasteiger partial charge in [0, 0.05) is 35.6 Å². The molecular formula is C21H15ClFN3O2. The van der Waals surface area contributed by atoms with Crippen molar-refractivity contribution in [2.45, 2.75) is 5.88 Å². The first-order chi connectivity index (χ1) is 13.6. The second-order valence-electron chi connectivity index (χ2n) is 6.08. The van der Waals surface area contributed by atoms with E-state index in [4.69, 9.17) is 16.3 Å². The van der Waals surface area contributed by atoms with Gasteiger partial charge in [0.25, 0.3) is 5.91 Å². The quantitative estimate of drug-likeness (QED) is 0.439. The number of halogens is 2. The second-order valence-corrected chi connectivity index (χ2v) is 6.35. The van der Waals surface area contributed by atoms with Crippen molar-refractivity contribution in [3.05, 3.63) is 83.9 Å². The molecule has 0 aliphatic carbocycles. The number of ether oxygens (including phenoxy) is 1. The molecule has 4 rings (SSSR count). The van der Waals surface area contributed by atoms with Crippen LogP contribution >= 0.6 is 11.6 Å². The van der Waals surface area contributed by atoms with Gasteiger partial charge in [-0.15, -0.1) is 11.6 Å². The molecule has 2 aromatic carbocycles. The van der Waals surface area contributed by atoms with Crippen LogP contribution < -0.4 is 10.1 Å². The molecule has 4 aromatic rings. The fourth-order valence-corrected chi connectivity index (χ4v) is 2.93. The van der Waals surface area contributed by atoms with E-state index < -0.39 is 5.82 Å². The molecular weight excluding hydrogens is 381 g/mol. The summed E-state index contributed by atoms with van der Waals surface area (Å²) in [5.41, 5.74) is 2.36. The highest BCUT2D eigenvalue weighted by molar-refractivity contribution is 6.17. The maximum Gasteiger partial charge on any atom is 0.255 e. The second kappa shape index (κ2) is 7.70. The van der Waals surface area contributed by atoms with Crippen LogP contribution in [0.2, 0.25) is 0 Å². The fraction of sp³-hybridized carbons (Fsp3) is 0.0476. The Labute approximate surface area is 165 Å². The number of hydrogen-bond donors (Lipinski definition) is 2. The molecule has 1 amide bonds. The third kappa shape index (κ3) is 3.68. The van der Waals surface area contributed by atoms with Gasteiger partial charge in [-0.2, -0.15) is 0 Å². The number of pyridine rings is 1. The molecule has 5 nitrogen and oxygen atoms in total. The summed E-state index contributed by atoms with van der Waals surface area (Å²) in [6.45, 7) is 0. The third-order valence-electron chi connectivity index (χ3n) is 4.20. The number of alkyl halides is 1. The van der Waals surface area contributed by atoms with E-state index >= 15 is 0 Å². The smallest absolute Gasteiger partial charge is 0.255 e. The predicted molar refractivity (Wildman–Crippen MR) is 107 cm³/mol. The van der Waals surface area contributed by atoms with Crippen molar-refractivity contribution < 1.29 is 13.9 Å². The summed E-state index contributed by atoms with van der Waals surface area (Å²) in [6, 6.07) is 14.6. The summed E-state index contributed by atoms with van der Waals surface area (Å²) in [7, 11) is 0. The largest absolute Gasteiger partial charge is 0.453 e. The van der Waals surface area contributed by atoms with Gasteiger partial charge < -0.3 is 15.0 Å². The molecule has 0 fully saturated rings. The van der Waals surface area contributed by atoms with Crippen LogP contribution in [0, 0.1) is 5.82 Å². The topological polar surface area (TPSA) is 67.0 Å². The Kier molecular flexibility index (Phi) is 4.95. The molecule has 0 saturated carbocycles. The molecule has 0 spiro atoms. The van der Waals surface area contributed by atoms with E-state index in [9.17, 15) is 9.18 Å². The average molecular weight is 396 g/mol. The molecule has 0 aliphatic rings. The van der Waals surface area contributed by atoms with Crippen LogP contribution in [0.1, 0.15) is 15.9 Å². The van der Waals surface area contributed by atoms with Crippen molar-refractivity contribution in [2.24, 2.45) is 0 Å². The summed E-state index contributed by atoms with van der Waals surface area (Å²) in [5.74, 6) is -0.00573. The fourth-order valence-electron chi connectivity index (χ4n) is 2.75. The Morgan fingerprint density at radius 2 is 1.93 bits per heavy atom. The van der Waals surface area contributed by atoms with Crippen LogP contribution in [0.5, 0.6) is 11.5 Å². The summed E-state index contributed by atoms with van der Waals surface area (Å²) < 4.78 is 20.2. The molecule has 140 valence electrons. The lowest BCUT2D eigenvalue weighted by Gasteiger charge is -2.10. The van der Waals surface area contributed by atoms with E-state index in [1.54, 1.807) is 54.9 Å². The van der Waals surface area contributed by atoms with Crippen molar-refractivity contribution in [1.82, 2.24) is 9.97 Å². The molecule has 2 heterocycles. The molecule has 0 unspecified atom stereocenters. The number of aromatic nitrogens is 2. The molecule has 0 atom stereocenters. The van der Waals surface area contributed by atoms with E-state index in [2.05, 4.69) is 15.3 Å². The van der Waals surface area contributed by atoms with E-state index in [0.717, 1.165) is 10.9 Å². The van der Waals surface area contributed by atoms with Crippen LogP contribution in [-0.2, 0) is 5.88 Å². The number of nitrogens with zero attached hydrogens (tertiary/aromatic N) is 1. The minimum absolute atomic E-state index is 0.0539. The Hall–Kier alpha value is -3.38. The van der Waals surface area contributed by atoms with Crippen molar-refractivity contribution >= 4 is 34.2 Å². The van der Waals surface area contributed by atoms with Gasteiger partial charge in [0.2, 0.25) is 0 Å². The summed E-state index contributed by atoms with van der Waals surface area (Å²) in [4.78, 5) is 19.5. The highest BCUT2D eigenvalue weighted by Crippen LogP contribution is 2.31. The minimum atomic E-state index is -0.587. The van der Waals surface area contributed by atoms with E-state index in [-0.39, 0.29) is 11.7 Å². The van der Waals surface area contributed by atoms with E-state index in [0.29, 0.717) is 28.5 Å². The van der Waals surface area contributed by atoms with Crippen molar-refractivity contribution in [1.29, 1.82) is 0 Å². The van der Waals surface area contributed by atoms with Gasteiger partial charge in [-0.1, -0.05) is 12.1 Å². The number of nitrogens with one attached hydrogen (secondary N) is 2. The maximum atomic E-state index is 14.5. The summed E-state index contributed by atoms with van der Waals surface area (Å²) in [6.07, 6.45) is 3.31.